The number of carbonyl (C=O) groups excluding carboxylic acids is 4. The van der Waals surface area contributed by atoms with Crippen LogP contribution in [0.25, 0.3) is 0 Å². The summed E-state index contributed by atoms with van der Waals surface area (Å²) < 4.78 is 13.3. The highest BCUT2D eigenvalue weighted by atomic mass is 19.1. The molecule has 0 aromatic heterocycles. The third-order valence-corrected chi connectivity index (χ3v) is 6.71. The predicted octanol–water partition coefficient (Wildman–Crippen LogP) is 0.445. The summed E-state index contributed by atoms with van der Waals surface area (Å²) in [6.45, 7) is 2.07. The van der Waals surface area contributed by atoms with E-state index < -0.39 is 69.7 Å². The minimum Gasteiger partial charge on any atom is -0.475 e. The number of rotatable bonds is 7. The molecule has 178 valence electrons. The number of aliphatic hydroxyl groups is 1. The molecule has 4 amide bonds. The number of hydrogen-bond acceptors (Lipinski definition) is 7. The number of carboxylic acids is 1. The van der Waals surface area contributed by atoms with Crippen molar-refractivity contribution in [2.24, 2.45) is 5.92 Å². The van der Waals surface area contributed by atoms with Gasteiger partial charge in [-0.05, 0) is 26.2 Å². The minimum absolute atomic E-state index is 0.253. The lowest BCUT2D eigenvalue weighted by atomic mass is 9.84. The van der Waals surface area contributed by atoms with E-state index in [1.54, 1.807) is 0 Å². The number of likely N-dealkylation sites (tertiary alicyclic amines) is 1. The number of halogens is 1. The zero-order valence-electron chi connectivity index (χ0n) is 18.9. The SMILES string of the molecule is CC(C)C(C(=O)O)(N(C)C)[N@@+]1(C2CCC(=O)N(CCO)C2=O)C(=O)c2cccc(F)c2C1=O. The van der Waals surface area contributed by atoms with Crippen molar-refractivity contribution in [1.82, 2.24) is 9.80 Å². The van der Waals surface area contributed by atoms with Gasteiger partial charge in [0.1, 0.15) is 11.4 Å². The van der Waals surface area contributed by atoms with E-state index in [4.69, 9.17) is 0 Å². The summed E-state index contributed by atoms with van der Waals surface area (Å²) in [5.41, 5.74) is -3.19. The predicted molar refractivity (Wildman–Crippen MR) is 111 cm³/mol. The van der Waals surface area contributed by atoms with Crippen molar-refractivity contribution in [3.8, 4) is 0 Å². The van der Waals surface area contributed by atoms with E-state index in [-0.39, 0.29) is 24.9 Å². The average Bonchev–Trinajstić information content (AvgIpc) is 2.94. The maximum Gasteiger partial charge on any atom is 0.383 e. The molecule has 1 aromatic carbocycles. The van der Waals surface area contributed by atoms with Gasteiger partial charge in [0, 0.05) is 18.8 Å². The standard InChI is InChI=1S/C22H26FN3O7/c1-12(2)22(21(32)33,24(3)4)26(15-8-9-16(28)25(10-11-27)18(15)29)19(30)13-6-5-7-14(23)17(13)20(26)31/h5-7,12,15,27H,8-11H2,1-4H3/p+1/t15?,22?,26-/m0/s1. The number of imide groups is 2. The average molecular weight is 464 g/mol. The first-order chi connectivity index (χ1) is 15.4. The number of β-amino-alcohol motifs (C(OH)–C–C–N with tert-alkyl or cyclic N) is 1. The van der Waals surface area contributed by atoms with Gasteiger partial charge in [0.05, 0.1) is 18.7 Å². The molecule has 0 saturated carbocycles. The van der Waals surface area contributed by atoms with Crippen LogP contribution in [0, 0.1) is 11.7 Å². The molecule has 0 radical (unpaired) electrons. The third kappa shape index (κ3) is 2.99. The monoisotopic (exact) mass is 464 g/mol. The zero-order valence-corrected chi connectivity index (χ0v) is 18.9. The first-order valence-electron chi connectivity index (χ1n) is 10.5. The molecule has 3 atom stereocenters. The van der Waals surface area contributed by atoms with Gasteiger partial charge in [-0.25, -0.2) is 23.7 Å². The highest BCUT2D eigenvalue weighted by Crippen LogP contribution is 2.48. The first kappa shape index (κ1) is 24.6. The third-order valence-electron chi connectivity index (χ3n) is 6.71. The van der Waals surface area contributed by atoms with Crippen molar-refractivity contribution >= 4 is 29.6 Å². The second kappa shape index (κ2) is 8.40. The number of quaternary nitrogens is 1. The summed E-state index contributed by atoms with van der Waals surface area (Å²) in [6, 6.07) is 1.84. The normalized spacial score (nSPS) is 25.1. The van der Waals surface area contributed by atoms with Gasteiger partial charge in [0.15, 0.2) is 6.04 Å². The number of benzene rings is 1. The molecule has 2 aliphatic rings. The molecule has 33 heavy (non-hydrogen) atoms. The largest absolute Gasteiger partial charge is 0.475 e. The van der Waals surface area contributed by atoms with E-state index in [1.807, 2.05) is 0 Å². The summed E-state index contributed by atoms with van der Waals surface area (Å²) in [5, 5.41) is 19.9. The molecule has 0 spiro atoms. The lowest BCUT2D eigenvalue weighted by molar-refractivity contribution is -0.849. The van der Waals surface area contributed by atoms with Gasteiger partial charge in [-0.2, -0.15) is 4.48 Å². The Labute approximate surface area is 189 Å². The van der Waals surface area contributed by atoms with Gasteiger partial charge in [0.2, 0.25) is 5.91 Å². The van der Waals surface area contributed by atoms with Crippen molar-refractivity contribution in [2.75, 3.05) is 27.2 Å². The number of amides is 4. The van der Waals surface area contributed by atoms with Crippen molar-refractivity contribution in [1.29, 1.82) is 0 Å². The fraction of sp³-hybridized carbons (Fsp3) is 0.500. The molecule has 2 N–H and O–H groups in total. The van der Waals surface area contributed by atoms with E-state index in [0.29, 0.717) is 0 Å². The van der Waals surface area contributed by atoms with Crippen LogP contribution in [0.15, 0.2) is 18.2 Å². The van der Waals surface area contributed by atoms with Crippen LogP contribution >= 0.6 is 0 Å². The Balaban J connectivity index is 2.44. The molecule has 3 rings (SSSR count). The van der Waals surface area contributed by atoms with E-state index in [1.165, 1.54) is 45.0 Å². The van der Waals surface area contributed by atoms with Gasteiger partial charge in [-0.1, -0.05) is 19.9 Å². The Bertz CT molecular complexity index is 1050. The number of aliphatic hydroxyl groups excluding tert-OH is 1. The maximum atomic E-state index is 14.8. The van der Waals surface area contributed by atoms with Crippen LogP contribution in [0.5, 0.6) is 0 Å². The number of piperidine rings is 1. The van der Waals surface area contributed by atoms with E-state index in [0.717, 1.165) is 11.0 Å². The Morgan fingerprint density at radius 2 is 1.88 bits per heavy atom. The van der Waals surface area contributed by atoms with Crippen molar-refractivity contribution in [3.63, 3.8) is 0 Å². The van der Waals surface area contributed by atoms with Gasteiger partial charge < -0.3 is 10.2 Å². The summed E-state index contributed by atoms with van der Waals surface area (Å²) in [6.07, 6.45) is -0.542. The van der Waals surface area contributed by atoms with Gasteiger partial charge >= 0.3 is 17.8 Å². The molecule has 0 bridgehead atoms. The van der Waals surface area contributed by atoms with Crippen LogP contribution in [-0.4, -0.2) is 93.0 Å². The van der Waals surface area contributed by atoms with Gasteiger partial charge in [-0.3, -0.25) is 14.5 Å². The summed E-state index contributed by atoms with van der Waals surface area (Å²) in [5.74, 6) is -7.18. The Morgan fingerprint density at radius 3 is 2.36 bits per heavy atom. The number of nitrogens with zero attached hydrogens (tertiary/aromatic N) is 3. The zero-order chi connectivity index (χ0) is 24.9. The molecule has 1 fully saturated rings. The molecule has 10 nitrogen and oxygen atoms in total. The van der Waals surface area contributed by atoms with Crippen LogP contribution in [0.4, 0.5) is 4.39 Å². The Morgan fingerprint density at radius 1 is 1.24 bits per heavy atom. The lowest BCUT2D eigenvalue weighted by Crippen LogP contribution is -2.83. The maximum absolute atomic E-state index is 14.8. The molecule has 2 heterocycles. The van der Waals surface area contributed by atoms with Crippen LogP contribution in [0.2, 0.25) is 0 Å². The van der Waals surface area contributed by atoms with E-state index in [2.05, 4.69) is 0 Å². The lowest BCUT2D eigenvalue weighted by Gasteiger charge is -2.53. The fourth-order valence-corrected chi connectivity index (χ4v) is 5.55. The molecule has 1 saturated heterocycles. The van der Waals surface area contributed by atoms with Crippen LogP contribution in [0.3, 0.4) is 0 Å². The highest BCUT2D eigenvalue weighted by Gasteiger charge is 2.77. The molecule has 0 aliphatic carbocycles. The van der Waals surface area contributed by atoms with Crippen LogP contribution < -0.4 is 0 Å². The van der Waals surface area contributed by atoms with Crippen LogP contribution in [0.1, 0.15) is 47.4 Å². The van der Waals surface area contributed by atoms with Crippen molar-refractivity contribution in [2.45, 2.75) is 38.4 Å². The number of aliphatic carboxylic acids is 1. The van der Waals surface area contributed by atoms with Gasteiger partial charge in [-0.15, -0.1) is 0 Å². The molecule has 1 aromatic rings. The molecule has 2 unspecified atom stereocenters. The van der Waals surface area contributed by atoms with E-state index in [9.17, 15) is 38.6 Å². The number of fused-ring (bicyclic) bond motifs is 1. The second-order valence-electron chi connectivity index (χ2n) is 8.74. The molecule has 11 heteroatoms. The Hall–Kier alpha value is -3.02. The quantitative estimate of drug-likeness (QED) is 0.439. The number of carbonyl (C=O) groups is 5. The number of likely N-dealkylation sites (N-methyl/N-ethyl adjacent to an activating group) is 1. The summed E-state index contributed by atoms with van der Waals surface area (Å²) in [4.78, 5) is 68.8. The molecular weight excluding hydrogens is 437 g/mol. The first-order valence-corrected chi connectivity index (χ1v) is 10.5. The van der Waals surface area contributed by atoms with Crippen molar-refractivity contribution in [3.05, 3.63) is 35.1 Å². The smallest absolute Gasteiger partial charge is 0.383 e. The fourth-order valence-electron chi connectivity index (χ4n) is 5.55. The second-order valence-corrected chi connectivity index (χ2v) is 8.74. The van der Waals surface area contributed by atoms with Gasteiger partial charge in [0.25, 0.3) is 11.6 Å². The molecular formula is C22H27FN3O7+. The number of carboxylic acid groups (broad SMARTS) is 1. The van der Waals surface area contributed by atoms with E-state index >= 15 is 0 Å². The topological polar surface area (TPSA) is 132 Å². The summed E-state index contributed by atoms with van der Waals surface area (Å²) in [7, 11) is 2.75. The van der Waals surface area contributed by atoms with Crippen molar-refractivity contribution < 1.29 is 43.1 Å². The highest BCUT2D eigenvalue weighted by molar-refractivity contribution is 6.17. The van der Waals surface area contributed by atoms with Crippen LogP contribution in [-0.2, 0) is 14.4 Å². The molecule has 2 aliphatic heterocycles. The Kier molecular flexibility index (Phi) is 6.26. The summed E-state index contributed by atoms with van der Waals surface area (Å²) >= 11 is 0. The number of hydrogen-bond donors (Lipinski definition) is 2. The minimum atomic E-state index is -2.30.